The fraction of sp³-hybridized carbons (Fsp3) is 0.700. The van der Waals surface area contributed by atoms with Crippen molar-refractivity contribution in [3.05, 3.63) is 29.8 Å². The molecule has 0 aliphatic carbocycles. The van der Waals surface area contributed by atoms with Crippen molar-refractivity contribution in [2.24, 2.45) is 0 Å². The molecule has 6 heteroatoms. The van der Waals surface area contributed by atoms with E-state index in [2.05, 4.69) is 16.5 Å². The van der Waals surface area contributed by atoms with Crippen LogP contribution in [0.25, 0.3) is 0 Å². The van der Waals surface area contributed by atoms with Crippen LogP contribution in [0.1, 0.15) is 57.9 Å². The molecular weight excluding hydrogens is 351 g/mol. The number of aryl methyl sites for hydroxylation is 1. The van der Waals surface area contributed by atoms with E-state index in [0.29, 0.717) is 12.1 Å². The lowest BCUT2D eigenvalue weighted by atomic mass is 10.1. The number of hydrogen-bond acceptors (Lipinski definition) is 3. The fourth-order valence-corrected chi connectivity index (χ4v) is 3.55. The Morgan fingerprint density at radius 1 is 1.04 bits per heavy atom. The van der Waals surface area contributed by atoms with Crippen LogP contribution < -0.4 is 4.72 Å². The Bertz CT molecular complexity index is 588. The predicted octanol–water partition coefficient (Wildman–Crippen LogP) is 4.62. The van der Waals surface area contributed by atoms with Crippen molar-refractivity contribution < 1.29 is 12.8 Å². The Morgan fingerprint density at radius 3 is 2.19 bits per heavy atom. The number of alkyl halides is 1. The van der Waals surface area contributed by atoms with E-state index in [4.69, 9.17) is 0 Å². The summed E-state index contributed by atoms with van der Waals surface area (Å²) in [6, 6.07) is 7.59. The van der Waals surface area contributed by atoms with E-state index in [0.717, 1.165) is 64.4 Å². The van der Waals surface area contributed by atoms with Crippen LogP contribution in [0.3, 0.4) is 0 Å². The summed E-state index contributed by atoms with van der Waals surface area (Å²) in [7, 11) is -3.21. The average molecular weight is 387 g/mol. The number of halogens is 1. The number of sulfonamides is 1. The van der Waals surface area contributed by atoms with E-state index in [1.807, 2.05) is 24.3 Å². The zero-order valence-corrected chi connectivity index (χ0v) is 17.3. The molecule has 0 fully saturated rings. The second-order valence-corrected chi connectivity index (χ2v) is 8.84. The minimum Gasteiger partial charge on any atom is -0.304 e. The zero-order chi connectivity index (χ0) is 19.4. The van der Waals surface area contributed by atoms with Crippen molar-refractivity contribution >= 4 is 15.7 Å². The molecule has 0 aromatic heterocycles. The van der Waals surface area contributed by atoms with Gasteiger partial charge in [-0.15, -0.1) is 0 Å². The summed E-state index contributed by atoms with van der Waals surface area (Å²) in [4.78, 5) is 2.47. The highest BCUT2D eigenvalue weighted by atomic mass is 32.2. The van der Waals surface area contributed by atoms with E-state index >= 15 is 0 Å². The molecule has 0 radical (unpaired) electrons. The highest BCUT2D eigenvalue weighted by molar-refractivity contribution is 7.92. The largest absolute Gasteiger partial charge is 0.304 e. The first-order valence-electron chi connectivity index (χ1n) is 9.73. The maximum Gasteiger partial charge on any atom is 0.229 e. The highest BCUT2D eigenvalue weighted by Crippen LogP contribution is 2.13. The monoisotopic (exact) mass is 386 g/mol. The molecule has 0 aliphatic heterocycles. The molecule has 1 rings (SSSR count). The molecule has 0 bridgehead atoms. The van der Waals surface area contributed by atoms with E-state index in [1.54, 1.807) is 6.92 Å². The van der Waals surface area contributed by atoms with Crippen molar-refractivity contribution in [2.75, 3.05) is 30.6 Å². The lowest BCUT2D eigenvalue weighted by molar-refractivity contribution is 0.270. The van der Waals surface area contributed by atoms with Crippen molar-refractivity contribution in [3.63, 3.8) is 0 Å². The Labute approximate surface area is 159 Å². The third-order valence-corrected chi connectivity index (χ3v) is 5.08. The normalized spacial score (nSPS) is 13.1. The highest BCUT2D eigenvalue weighted by Gasteiger charge is 2.04. The van der Waals surface area contributed by atoms with Gasteiger partial charge in [0.05, 0.1) is 12.4 Å². The number of unbranched alkanes of at least 4 members (excludes halogenated alkanes) is 3. The molecule has 1 unspecified atom stereocenters. The number of hydrogen-bond donors (Lipinski definition) is 1. The van der Waals surface area contributed by atoms with Gasteiger partial charge in [0.1, 0.15) is 0 Å². The maximum atomic E-state index is 12.8. The molecule has 4 nitrogen and oxygen atoms in total. The van der Waals surface area contributed by atoms with Gasteiger partial charge in [0.2, 0.25) is 10.0 Å². The van der Waals surface area contributed by atoms with Crippen molar-refractivity contribution in [3.8, 4) is 0 Å². The first kappa shape index (κ1) is 22.9. The number of rotatable bonds is 14. The summed E-state index contributed by atoms with van der Waals surface area (Å²) in [5.41, 5.74) is 1.84. The van der Waals surface area contributed by atoms with E-state index in [1.165, 1.54) is 5.56 Å². The molecule has 1 aromatic rings. The van der Waals surface area contributed by atoms with Gasteiger partial charge in [-0.1, -0.05) is 31.9 Å². The number of benzene rings is 1. The first-order valence-corrected chi connectivity index (χ1v) is 11.6. The van der Waals surface area contributed by atoms with Gasteiger partial charge < -0.3 is 4.90 Å². The van der Waals surface area contributed by atoms with Crippen LogP contribution in [0, 0.1) is 0 Å². The van der Waals surface area contributed by atoms with E-state index in [9.17, 15) is 12.8 Å². The molecule has 0 aliphatic rings. The lowest BCUT2D eigenvalue weighted by Gasteiger charge is -2.20. The average Bonchev–Trinajstić information content (AvgIpc) is 2.56. The molecular formula is C20H35FN2O2S. The standard InChI is InChI=1S/C20H35FN2O2S/c1-4-23(16-8-5-6-10-18(2)21)17-9-7-11-19-12-14-20(15-13-19)22-26(3,24)25/h12-15,18,22H,4-11,16-17H2,1-3H3. The van der Waals surface area contributed by atoms with Crippen molar-refractivity contribution in [1.82, 2.24) is 4.90 Å². The molecule has 150 valence electrons. The molecule has 1 aromatic carbocycles. The minimum absolute atomic E-state index is 0.607. The molecule has 1 atom stereocenters. The summed E-state index contributed by atoms with van der Waals surface area (Å²) < 4.78 is 37.6. The number of nitrogens with one attached hydrogen (secondary N) is 1. The van der Waals surface area contributed by atoms with Gasteiger partial charge >= 0.3 is 0 Å². The molecule has 26 heavy (non-hydrogen) atoms. The third kappa shape index (κ3) is 11.5. The van der Waals surface area contributed by atoms with Crippen LogP contribution in [0.4, 0.5) is 10.1 Å². The molecule has 0 heterocycles. The zero-order valence-electron chi connectivity index (χ0n) is 16.5. The maximum absolute atomic E-state index is 12.8. The summed E-state index contributed by atoms with van der Waals surface area (Å²) in [6.07, 6.45) is 7.69. The predicted molar refractivity (Wildman–Crippen MR) is 109 cm³/mol. The molecule has 0 saturated carbocycles. The third-order valence-electron chi connectivity index (χ3n) is 4.47. The SMILES string of the molecule is CCN(CCCCCC(C)F)CCCCc1ccc(NS(C)(=O)=O)cc1. The van der Waals surface area contributed by atoms with Gasteiger partial charge in [-0.25, -0.2) is 12.8 Å². The second-order valence-electron chi connectivity index (χ2n) is 7.09. The lowest BCUT2D eigenvalue weighted by Crippen LogP contribution is -2.25. The van der Waals surface area contributed by atoms with Gasteiger partial charge in [-0.05, 0) is 76.4 Å². The minimum atomic E-state index is -3.21. The Kier molecular flexibility index (Phi) is 10.8. The summed E-state index contributed by atoms with van der Waals surface area (Å²) in [6.45, 7) is 7.09. The van der Waals surface area contributed by atoms with E-state index < -0.39 is 16.2 Å². The van der Waals surface area contributed by atoms with Gasteiger partial charge in [-0.3, -0.25) is 4.72 Å². The summed E-state index contributed by atoms with van der Waals surface area (Å²) in [5.74, 6) is 0. The summed E-state index contributed by atoms with van der Waals surface area (Å²) in [5, 5.41) is 0. The molecule has 0 amide bonds. The van der Waals surface area contributed by atoms with Crippen molar-refractivity contribution in [1.29, 1.82) is 0 Å². The van der Waals surface area contributed by atoms with Crippen LogP contribution in [-0.2, 0) is 16.4 Å². The van der Waals surface area contributed by atoms with Crippen LogP contribution in [0.15, 0.2) is 24.3 Å². The summed E-state index contributed by atoms with van der Waals surface area (Å²) >= 11 is 0. The Morgan fingerprint density at radius 2 is 1.65 bits per heavy atom. The van der Waals surface area contributed by atoms with Crippen LogP contribution in [-0.4, -0.2) is 45.4 Å². The van der Waals surface area contributed by atoms with Crippen LogP contribution >= 0.6 is 0 Å². The van der Waals surface area contributed by atoms with Crippen molar-refractivity contribution in [2.45, 2.75) is 65.0 Å². The van der Waals surface area contributed by atoms with E-state index in [-0.39, 0.29) is 0 Å². The fourth-order valence-electron chi connectivity index (χ4n) is 2.98. The van der Waals surface area contributed by atoms with Crippen LogP contribution in [0.2, 0.25) is 0 Å². The first-order chi connectivity index (χ1) is 12.3. The number of nitrogens with zero attached hydrogens (tertiary/aromatic N) is 1. The Balaban J connectivity index is 2.19. The van der Waals surface area contributed by atoms with Gasteiger partial charge in [0.15, 0.2) is 0 Å². The smallest absolute Gasteiger partial charge is 0.229 e. The second kappa shape index (κ2) is 12.3. The number of anilines is 1. The van der Waals surface area contributed by atoms with Gasteiger partial charge in [0.25, 0.3) is 0 Å². The van der Waals surface area contributed by atoms with Gasteiger partial charge in [0, 0.05) is 5.69 Å². The van der Waals surface area contributed by atoms with Gasteiger partial charge in [-0.2, -0.15) is 0 Å². The topological polar surface area (TPSA) is 49.4 Å². The molecule has 1 N–H and O–H groups in total. The Hall–Kier alpha value is -1.14. The quantitative estimate of drug-likeness (QED) is 0.475. The molecule has 0 spiro atoms. The van der Waals surface area contributed by atoms with Crippen LogP contribution in [0.5, 0.6) is 0 Å². The molecule has 0 saturated heterocycles.